The first kappa shape index (κ1) is 16.1. The lowest BCUT2D eigenvalue weighted by Gasteiger charge is -2.45. The minimum atomic E-state index is 0.199. The zero-order chi connectivity index (χ0) is 14.1. The van der Waals surface area contributed by atoms with Gasteiger partial charge in [0.15, 0.2) is 0 Å². The lowest BCUT2D eigenvalue weighted by atomic mass is 9.71. The van der Waals surface area contributed by atoms with Gasteiger partial charge in [0.25, 0.3) is 0 Å². The van der Waals surface area contributed by atoms with Gasteiger partial charge in [-0.2, -0.15) is 0 Å². The SMILES string of the molecule is CC1CCC(CI)(OC2CC(C)CC(C)(C)C2)CC1. The maximum atomic E-state index is 6.72. The molecule has 0 N–H and O–H groups in total. The summed E-state index contributed by atoms with van der Waals surface area (Å²) in [5.74, 6) is 1.73. The maximum Gasteiger partial charge on any atom is 0.0775 e. The van der Waals surface area contributed by atoms with Crippen LogP contribution in [0, 0.1) is 17.3 Å². The summed E-state index contributed by atoms with van der Waals surface area (Å²) < 4.78 is 7.89. The van der Waals surface area contributed by atoms with E-state index in [0.29, 0.717) is 11.5 Å². The van der Waals surface area contributed by atoms with Crippen LogP contribution in [0.15, 0.2) is 0 Å². The highest BCUT2D eigenvalue weighted by atomic mass is 127. The molecule has 0 aromatic carbocycles. The molecule has 0 aromatic heterocycles. The van der Waals surface area contributed by atoms with Gasteiger partial charge >= 0.3 is 0 Å². The average molecular weight is 378 g/mol. The van der Waals surface area contributed by atoms with Crippen molar-refractivity contribution in [3.05, 3.63) is 0 Å². The van der Waals surface area contributed by atoms with Gasteiger partial charge in [0.2, 0.25) is 0 Å². The smallest absolute Gasteiger partial charge is 0.0775 e. The third-order valence-electron chi connectivity index (χ3n) is 5.19. The molecule has 2 unspecified atom stereocenters. The van der Waals surface area contributed by atoms with E-state index in [4.69, 9.17) is 4.74 Å². The number of hydrogen-bond donors (Lipinski definition) is 0. The summed E-state index contributed by atoms with van der Waals surface area (Å²) >= 11 is 2.55. The minimum absolute atomic E-state index is 0.199. The zero-order valence-corrected chi connectivity index (χ0v) is 15.3. The van der Waals surface area contributed by atoms with Crippen LogP contribution in [-0.2, 0) is 4.74 Å². The van der Waals surface area contributed by atoms with Crippen molar-refractivity contribution < 1.29 is 4.74 Å². The number of alkyl halides is 1. The first-order valence-corrected chi connectivity index (χ1v) is 9.60. The molecule has 0 saturated heterocycles. The fourth-order valence-electron chi connectivity index (χ4n) is 4.27. The molecule has 2 aliphatic carbocycles. The molecule has 0 radical (unpaired) electrons. The highest BCUT2D eigenvalue weighted by Crippen LogP contribution is 2.44. The zero-order valence-electron chi connectivity index (χ0n) is 13.2. The maximum absolute atomic E-state index is 6.72. The molecule has 2 heteroatoms. The van der Waals surface area contributed by atoms with Gasteiger partial charge in [-0.15, -0.1) is 0 Å². The van der Waals surface area contributed by atoms with Crippen LogP contribution in [0.3, 0.4) is 0 Å². The van der Waals surface area contributed by atoms with Crippen molar-refractivity contribution in [1.82, 2.24) is 0 Å². The van der Waals surface area contributed by atoms with Crippen LogP contribution in [-0.4, -0.2) is 16.1 Å². The van der Waals surface area contributed by atoms with E-state index < -0.39 is 0 Å². The molecule has 2 saturated carbocycles. The second kappa shape index (κ2) is 6.21. The summed E-state index contributed by atoms with van der Waals surface area (Å²) in [5, 5.41) is 0. The molecule has 0 heterocycles. The average Bonchev–Trinajstić information content (AvgIpc) is 2.30. The van der Waals surface area contributed by atoms with Crippen molar-refractivity contribution in [1.29, 1.82) is 0 Å². The largest absolute Gasteiger partial charge is 0.371 e. The van der Waals surface area contributed by atoms with Crippen molar-refractivity contribution in [3.63, 3.8) is 0 Å². The highest BCUT2D eigenvalue weighted by molar-refractivity contribution is 14.1. The monoisotopic (exact) mass is 378 g/mol. The second-order valence-corrected chi connectivity index (χ2v) is 8.92. The Labute approximate surface area is 133 Å². The summed E-state index contributed by atoms with van der Waals surface area (Å²) in [5.41, 5.74) is 0.668. The quantitative estimate of drug-likeness (QED) is 0.459. The van der Waals surface area contributed by atoms with Gasteiger partial charge in [-0.25, -0.2) is 0 Å². The predicted octanol–water partition coefficient (Wildman–Crippen LogP) is 5.60. The van der Waals surface area contributed by atoms with Gasteiger partial charge in [-0.05, 0) is 62.2 Å². The standard InChI is InChI=1S/C17H31IO/c1-13-5-7-17(12-18,8-6-13)19-15-9-14(2)10-16(3,4)11-15/h13-15H,5-12H2,1-4H3. The van der Waals surface area contributed by atoms with Crippen LogP contribution >= 0.6 is 22.6 Å². The third kappa shape index (κ3) is 4.33. The molecule has 0 aromatic rings. The Kier molecular flexibility index (Phi) is 5.25. The van der Waals surface area contributed by atoms with Crippen molar-refractivity contribution in [3.8, 4) is 0 Å². The molecule has 2 atom stereocenters. The van der Waals surface area contributed by atoms with E-state index in [9.17, 15) is 0 Å². The fraction of sp³-hybridized carbons (Fsp3) is 1.00. The molecule has 2 rings (SSSR count). The van der Waals surface area contributed by atoms with E-state index >= 15 is 0 Å². The van der Waals surface area contributed by atoms with Crippen molar-refractivity contribution in [2.45, 2.75) is 84.3 Å². The molecule has 2 fully saturated rings. The topological polar surface area (TPSA) is 9.23 Å². The first-order chi connectivity index (χ1) is 8.84. The molecule has 0 bridgehead atoms. The van der Waals surface area contributed by atoms with Gasteiger partial charge in [0.1, 0.15) is 0 Å². The second-order valence-electron chi connectivity index (χ2n) is 8.15. The summed E-state index contributed by atoms with van der Waals surface area (Å²) in [6, 6.07) is 0. The molecule has 0 amide bonds. The normalized spacial score (nSPS) is 43.1. The Balaban J connectivity index is 1.98. The van der Waals surface area contributed by atoms with E-state index in [1.165, 1.54) is 49.4 Å². The van der Waals surface area contributed by atoms with Gasteiger partial charge < -0.3 is 4.74 Å². The van der Waals surface area contributed by atoms with Crippen LogP contribution < -0.4 is 0 Å². The fourth-order valence-corrected chi connectivity index (χ4v) is 5.22. The van der Waals surface area contributed by atoms with E-state index in [2.05, 4.69) is 50.3 Å². The Bertz CT molecular complexity index is 292. The van der Waals surface area contributed by atoms with Crippen LogP contribution in [0.1, 0.15) is 72.6 Å². The summed E-state index contributed by atoms with van der Waals surface area (Å²) in [6.45, 7) is 9.62. The molecular weight excluding hydrogens is 347 g/mol. The Hall–Kier alpha value is 0.690. The number of ether oxygens (including phenoxy) is 1. The lowest BCUT2D eigenvalue weighted by Crippen LogP contribution is -2.44. The lowest BCUT2D eigenvalue weighted by molar-refractivity contribution is -0.132. The predicted molar refractivity (Wildman–Crippen MR) is 90.9 cm³/mol. The molecule has 2 aliphatic rings. The van der Waals surface area contributed by atoms with Gasteiger partial charge in [0, 0.05) is 4.43 Å². The van der Waals surface area contributed by atoms with Gasteiger partial charge in [0.05, 0.1) is 11.7 Å². The van der Waals surface area contributed by atoms with Crippen molar-refractivity contribution in [2.24, 2.45) is 17.3 Å². The minimum Gasteiger partial charge on any atom is -0.371 e. The number of hydrogen-bond acceptors (Lipinski definition) is 1. The van der Waals surface area contributed by atoms with Crippen LogP contribution in [0.25, 0.3) is 0 Å². The van der Waals surface area contributed by atoms with Gasteiger partial charge in [-0.1, -0.05) is 50.3 Å². The van der Waals surface area contributed by atoms with Crippen molar-refractivity contribution >= 4 is 22.6 Å². The Morgan fingerprint density at radius 3 is 2.21 bits per heavy atom. The molecule has 0 spiro atoms. The van der Waals surface area contributed by atoms with E-state index in [1.807, 2.05) is 0 Å². The third-order valence-corrected chi connectivity index (χ3v) is 6.58. The van der Waals surface area contributed by atoms with Crippen molar-refractivity contribution in [2.75, 3.05) is 4.43 Å². The number of halogens is 1. The first-order valence-electron chi connectivity index (χ1n) is 8.08. The molecule has 1 nitrogen and oxygen atoms in total. The molecule has 0 aliphatic heterocycles. The Morgan fingerprint density at radius 2 is 1.68 bits per heavy atom. The van der Waals surface area contributed by atoms with E-state index in [-0.39, 0.29) is 5.60 Å². The van der Waals surface area contributed by atoms with Crippen LogP contribution in [0.5, 0.6) is 0 Å². The molecule has 19 heavy (non-hydrogen) atoms. The van der Waals surface area contributed by atoms with Crippen LogP contribution in [0.2, 0.25) is 0 Å². The Morgan fingerprint density at radius 1 is 1.05 bits per heavy atom. The van der Waals surface area contributed by atoms with E-state index in [1.54, 1.807) is 0 Å². The number of rotatable bonds is 3. The highest BCUT2D eigenvalue weighted by Gasteiger charge is 2.40. The summed E-state index contributed by atoms with van der Waals surface area (Å²) in [7, 11) is 0. The van der Waals surface area contributed by atoms with E-state index in [0.717, 1.165) is 11.8 Å². The summed E-state index contributed by atoms with van der Waals surface area (Å²) in [4.78, 5) is 0. The molecular formula is C17H31IO. The summed E-state index contributed by atoms with van der Waals surface area (Å²) in [6.07, 6.45) is 9.67. The van der Waals surface area contributed by atoms with Crippen LogP contribution in [0.4, 0.5) is 0 Å². The molecule has 112 valence electrons. The van der Waals surface area contributed by atoms with Gasteiger partial charge in [-0.3, -0.25) is 0 Å².